The van der Waals surface area contributed by atoms with E-state index in [1.54, 1.807) is 23.1 Å². The Balaban J connectivity index is 1.03. The predicted molar refractivity (Wildman–Crippen MR) is 217 cm³/mol. The van der Waals surface area contributed by atoms with Gasteiger partial charge in [-0.25, -0.2) is 4.79 Å². The van der Waals surface area contributed by atoms with Crippen LogP contribution >= 0.6 is 11.6 Å². The SMILES string of the molecule is C=C(Nc1ccc2[nH]c(C(=O)N3CC(CCl)c4c3cc(OC(=O)Nc3ccccc3)c3[nH]cc(C)c43)cc2c1)C1=Cc2ccc(N(CC)CC)cc2C1. The minimum atomic E-state index is -0.629. The number of allylic oxidation sites excluding steroid dienone is 1. The fraction of sp³-hybridized carbons (Fsp3) is 0.209. The van der Waals surface area contributed by atoms with E-state index in [0.29, 0.717) is 40.8 Å². The van der Waals surface area contributed by atoms with Gasteiger partial charge in [0.2, 0.25) is 0 Å². The number of halogens is 1. The lowest BCUT2D eigenvalue weighted by Gasteiger charge is -2.21. The van der Waals surface area contributed by atoms with E-state index in [4.69, 9.17) is 16.3 Å². The van der Waals surface area contributed by atoms with Gasteiger partial charge in [0, 0.05) is 89.2 Å². The highest BCUT2D eigenvalue weighted by atomic mass is 35.5. The van der Waals surface area contributed by atoms with Gasteiger partial charge < -0.3 is 29.8 Å². The van der Waals surface area contributed by atoms with Crippen LogP contribution in [0.1, 0.15) is 52.5 Å². The summed E-state index contributed by atoms with van der Waals surface area (Å²) in [5.74, 6) is 0.353. The van der Waals surface area contributed by atoms with Crippen LogP contribution in [-0.4, -0.2) is 47.5 Å². The number of H-pyrrole nitrogens is 2. The molecule has 268 valence electrons. The van der Waals surface area contributed by atoms with Crippen LogP contribution in [0.2, 0.25) is 0 Å². The van der Waals surface area contributed by atoms with E-state index in [1.807, 2.05) is 55.6 Å². The second-order valence-electron chi connectivity index (χ2n) is 13.7. The largest absolute Gasteiger partial charge is 0.417 e. The number of anilines is 4. The molecule has 8 rings (SSSR count). The number of hydrogen-bond acceptors (Lipinski definition) is 5. The van der Waals surface area contributed by atoms with Gasteiger partial charge >= 0.3 is 6.09 Å². The topological polar surface area (TPSA) is 105 Å². The number of alkyl halides is 1. The number of benzene rings is 4. The van der Waals surface area contributed by atoms with Crippen molar-refractivity contribution in [3.8, 4) is 5.75 Å². The molecule has 53 heavy (non-hydrogen) atoms. The molecule has 0 radical (unpaired) electrons. The van der Waals surface area contributed by atoms with Crippen molar-refractivity contribution in [1.82, 2.24) is 9.97 Å². The number of rotatable bonds is 10. The minimum Gasteiger partial charge on any atom is -0.408 e. The number of amides is 2. The summed E-state index contributed by atoms with van der Waals surface area (Å²) in [4.78, 5) is 38.0. The van der Waals surface area contributed by atoms with E-state index in [1.165, 1.54) is 16.8 Å². The average Bonchev–Trinajstić information content (AvgIpc) is 3.96. The van der Waals surface area contributed by atoms with E-state index in [0.717, 1.165) is 63.9 Å². The molecule has 2 amide bonds. The predicted octanol–water partition coefficient (Wildman–Crippen LogP) is 9.96. The fourth-order valence-corrected chi connectivity index (χ4v) is 7.96. The second-order valence-corrected chi connectivity index (χ2v) is 14.0. The molecule has 2 aliphatic rings. The van der Waals surface area contributed by atoms with E-state index in [9.17, 15) is 9.59 Å². The van der Waals surface area contributed by atoms with Crippen LogP contribution in [0.5, 0.6) is 5.75 Å². The summed E-state index contributed by atoms with van der Waals surface area (Å²) in [5, 5.41) is 8.07. The minimum absolute atomic E-state index is 0.106. The van der Waals surface area contributed by atoms with Gasteiger partial charge in [-0.1, -0.05) is 30.8 Å². The monoisotopic (exact) mass is 724 g/mol. The first-order valence-electron chi connectivity index (χ1n) is 18.0. The van der Waals surface area contributed by atoms with Gasteiger partial charge in [0.1, 0.15) is 5.69 Å². The molecule has 1 aliphatic heterocycles. The number of nitrogens with zero attached hydrogens (tertiary/aromatic N) is 2. The van der Waals surface area contributed by atoms with Crippen molar-refractivity contribution < 1.29 is 14.3 Å². The summed E-state index contributed by atoms with van der Waals surface area (Å²) in [7, 11) is 0. The number of nitrogens with one attached hydrogen (secondary N) is 4. The highest BCUT2D eigenvalue weighted by Gasteiger charge is 2.37. The number of carbonyl (C=O) groups is 2. The molecule has 0 bridgehead atoms. The molecule has 0 saturated carbocycles. The van der Waals surface area contributed by atoms with Crippen LogP contribution in [0.3, 0.4) is 0 Å². The maximum absolute atomic E-state index is 14.3. The van der Waals surface area contributed by atoms with E-state index in [2.05, 4.69) is 70.2 Å². The molecule has 4 aromatic carbocycles. The first-order valence-corrected chi connectivity index (χ1v) is 18.5. The van der Waals surface area contributed by atoms with Crippen LogP contribution in [0, 0.1) is 6.92 Å². The van der Waals surface area contributed by atoms with Crippen molar-refractivity contribution >= 4 is 74.2 Å². The molecule has 0 spiro atoms. The molecule has 6 aromatic rings. The number of hydrogen-bond donors (Lipinski definition) is 4. The second kappa shape index (κ2) is 13.9. The van der Waals surface area contributed by atoms with Gasteiger partial charge in [-0.05, 0) is 103 Å². The molecule has 3 heterocycles. The maximum atomic E-state index is 14.3. The molecule has 1 unspecified atom stereocenters. The molecule has 4 N–H and O–H groups in total. The lowest BCUT2D eigenvalue weighted by Crippen LogP contribution is -2.30. The normalized spacial score (nSPS) is 14.6. The standard InChI is InChI=1S/C43H41ClN6O3/c1-5-49(6-2)34-14-12-27-16-28(17-29(27)19-34)26(4)46-33-13-15-35-30(18-33)20-36(48-35)42(51)50-24-31(22-44)40-37(50)21-38(41-39(40)25(3)23-45-41)53-43(52)47-32-10-8-7-9-11-32/h7-16,18-21,23,31,45-46,48H,4-6,17,22,24H2,1-3H3,(H,47,52). The molecule has 10 heteroatoms. The lowest BCUT2D eigenvalue weighted by molar-refractivity contribution is 0.0984. The van der Waals surface area contributed by atoms with Gasteiger partial charge in [-0.2, -0.15) is 0 Å². The smallest absolute Gasteiger partial charge is 0.408 e. The number of fused-ring (bicyclic) bond motifs is 5. The van der Waals surface area contributed by atoms with Gasteiger partial charge in [0.15, 0.2) is 5.75 Å². The number of aryl methyl sites for hydroxylation is 1. The number of aromatic nitrogens is 2. The Morgan fingerprint density at radius 1 is 1.00 bits per heavy atom. The van der Waals surface area contributed by atoms with Crippen molar-refractivity contribution in [3.05, 3.63) is 131 Å². The van der Waals surface area contributed by atoms with Gasteiger partial charge in [0.05, 0.1) is 11.2 Å². The first kappa shape index (κ1) is 34.2. The van der Waals surface area contributed by atoms with Crippen LogP contribution < -0.4 is 25.2 Å². The Hall–Kier alpha value is -5.93. The first-order chi connectivity index (χ1) is 25.7. The zero-order valence-electron chi connectivity index (χ0n) is 30.0. The molecule has 9 nitrogen and oxygen atoms in total. The molecule has 0 saturated heterocycles. The molecular formula is C43H41ClN6O3. The Morgan fingerprint density at radius 2 is 1.81 bits per heavy atom. The zero-order chi connectivity index (χ0) is 36.8. The van der Waals surface area contributed by atoms with Gasteiger partial charge in [0.25, 0.3) is 5.91 Å². The Bertz CT molecular complexity index is 2440. The van der Waals surface area contributed by atoms with Crippen LogP contribution in [0.25, 0.3) is 27.9 Å². The van der Waals surface area contributed by atoms with Crippen molar-refractivity contribution in [2.45, 2.75) is 33.1 Å². The Labute approximate surface area is 313 Å². The third-order valence-electron chi connectivity index (χ3n) is 10.4. The number of aromatic amines is 2. The van der Waals surface area contributed by atoms with E-state index >= 15 is 0 Å². The lowest BCUT2D eigenvalue weighted by atomic mass is 9.97. The van der Waals surface area contributed by atoms with Crippen LogP contribution in [-0.2, 0) is 6.42 Å². The van der Waals surface area contributed by atoms with Crippen molar-refractivity contribution in [2.24, 2.45) is 0 Å². The van der Waals surface area contributed by atoms with Crippen LogP contribution in [0.4, 0.5) is 27.5 Å². The van der Waals surface area contributed by atoms with Gasteiger partial charge in [-0.3, -0.25) is 10.1 Å². The third kappa shape index (κ3) is 6.31. The summed E-state index contributed by atoms with van der Waals surface area (Å²) in [6.07, 6.45) is 4.28. The van der Waals surface area contributed by atoms with Crippen molar-refractivity contribution in [1.29, 1.82) is 0 Å². The Kier molecular flexibility index (Phi) is 8.96. The molecule has 1 atom stereocenters. The third-order valence-corrected chi connectivity index (χ3v) is 10.8. The van der Waals surface area contributed by atoms with Crippen LogP contribution in [0.15, 0.2) is 103 Å². The Morgan fingerprint density at radius 3 is 2.58 bits per heavy atom. The highest BCUT2D eigenvalue weighted by Crippen LogP contribution is 2.47. The fourth-order valence-electron chi connectivity index (χ4n) is 7.71. The average molecular weight is 725 g/mol. The quantitative estimate of drug-likeness (QED) is 0.105. The number of carbonyl (C=O) groups excluding carboxylic acids is 2. The molecule has 0 fully saturated rings. The summed E-state index contributed by atoms with van der Waals surface area (Å²) >= 11 is 6.54. The zero-order valence-corrected chi connectivity index (χ0v) is 30.7. The van der Waals surface area contributed by atoms with Crippen molar-refractivity contribution in [3.63, 3.8) is 0 Å². The summed E-state index contributed by atoms with van der Waals surface area (Å²) in [5.41, 5.74) is 11.9. The van der Waals surface area contributed by atoms with Gasteiger partial charge in [-0.15, -0.1) is 11.6 Å². The molecule has 1 aliphatic carbocycles. The number of para-hydroxylation sites is 1. The summed E-state index contributed by atoms with van der Waals surface area (Å²) < 4.78 is 5.86. The van der Waals surface area contributed by atoms with Crippen molar-refractivity contribution in [2.75, 3.05) is 45.9 Å². The van der Waals surface area contributed by atoms with E-state index in [-0.39, 0.29) is 11.8 Å². The number of ether oxygens (including phenoxy) is 1. The maximum Gasteiger partial charge on any atom is 0.417 e. The van der Waals surface area contributed by atoms with E-state index < -0.39 is 6.09 Å². The summed E-state index contributed by atoms with van der Waals surface area (Å²) in [6, 6.07) is 25.4. The molecule has 2 aromatic heterocycles. The summed E-state index contributed by atoms with van der Waals surface area (Å²) in [6.45, 7) is 13.1. The highest BCUT2D eigenvalue weighted by molar-refractivity contribution is 6.19. The molecular weight excluding hydrogens is 684 g/mol.